The van der Waals surface area contributed by atoms with E-state index in [1.54, 1.807) is 30.3 Å². The maximum absolute atomic E-state index is 12.6. The molecule has 1 aliphatic heterocycles. The number of benzene rings is 2. The van der Waals surface area contributed by atoms with Crippen LogP contribution in [-0.2, 0) is 10.0 Å². The first-order chi connectivity index (χ1) is 14.5. The number of aromatic nitrogens is 2. The minimum atomic E-state index is -3.74. The molecule has 0 spiro atoms. The quantitative estimate of drug-likeness (QED) is 0.603. The highest BCUT2D eigenvalue weighted by atomic mass is 35.5. The third-order valence-electron chi connectivity index (χ3n) is 5.10. The summed E-state index contributed by atoms with van der Waals surface area (Å²) in [6.07, 6.45) is 4.89. The molecule has 6 nitrogen and oxygen atoms in total. The normalized spacial score (nSPS) is 14.9. The lowest BCUT2D eigenvalue weighted by Crippen LogP contribution is -2.25. The van der Waals surface area contributed by atoms with Crippen molar-refractivity contribution in [1.29, 1.82) is 0 Å². The average molecular weight is 443 g/mol. The lowest BCUT2D eigenvalue weighted by molar-refractivity contribution is 0.601. The molecular weight excluding hydrogens is 420 g/mol. The van der Waals surface area contributed by atoms with Crippen molar-refractivity contribution in [2.75, 3.05) is 22.7 Å². The molecule has 0 unspecified atom stereocenters. The van der Waals surface area contributed by atoms with Gasteiger partial charge in [0.05, 0.1) is 10.6 Å². The van der Waals surface area contributed by atoms with Crippen LogP contribution < -0.4 is 9.62 Å². The van der Waals surface area contributed by atoms with Crippen LogP contribution in [-0.4, -0.2) is 31.7 Å². The Kier molecular flexibility index (Phi) is 6.20. The van der Waals surface area contributed by atoms with Crippen LogP contribution in [0.1, 0.15) is 25.7 Å². The summed E-state index contributed by atoms with van der Waals surface area (Å²) in [5, 5.41) is 9.15. The molecule has 0 aliphatic carbocycles. The third-order valence-corrected chi connectivity index (χ3v) is 6.71. The first kappa shape index (κ1) is 20.6. The van der Waals surface area contributed by atoms with Gasteiger partial charge in [0.15, 0.2) is 5.82 Å². The van der Waals surface area contributed by atoms with Crippen molar-refractivity contribution in [2.45, 2.75) is 30.6 Å². The van der Waals surface area contributed by atoms with Crippen LogP contribution in [0.15, 0.2) is 65.6 Å². The molecule has 0 atom stereocenters. The second-order valence-electron chi connectivity index (χ2n) is 7.32. The first-order valence-corrected chi connectivity index (χ1v) is 11.8. The molecule has 156 valence electrons. The van der Waals surface area contributed by atoms with E-state index < -0.39 is 10.0 Å². The van der Waals surface area contributed by atoms with E-state index in [1.807, 2.05) is 18.2 Å². The summed E-state index contributed by atoms with van der Waals surface area (Å²) >= 11 is 5.93. The molecule has 8 heteroatoms. The molecule has 2 heterocycles. The van der Waals surface area contributed by atoms with Gasteiger partial charge in [-0.05, 0) is 55.3 Å². The van der Waals surface area contributed by atoms with Crippen molar-refractivity contribution in [3.8, 4) is 11.3 Å². The van der Waals surface area contributed by atoms with Gasteiger partial charge in [0.1, 0.15) is 0 Å². The third kappa shape index (κ3) is 4.91. The predicted molar refractivity (Wildman–Crippen MR) is 120 cm³/mol. The summed E-state index contributed by atoms with van der Waals surface area (Å²) in [7, 11) is -3.74. The fraction of sp³-hybridized carbons (Fsp3) is 0.273. The van der Waals surface area contributed by atoms with Crippen LogP contribution in [0.3, 0.4) is 0 Å². The Labute approximate surface area is 182 Å². The van der Waals surface area contributed by atoms with Crippen LogP contribution in [0.25, 0.3) is 11.3 Å². The van der Waals surface area contributed by atoms with E-state index in [1.165, 1.54) is 37.8 Å². The van der Waals surface area contributed by atoms with E-state index in [9.17, 15) is 8.42 Å². The maximum Gasteiger partial charge on any atom is 0.261 e. The molecule has 1 aromatic heterocycles. The average Bonchev–Trinajstić information content (AvgIpc) is 3.03. The maximum atomic E-state index is 12.6. The molecule has 0 bridgehead atoms. The number of sulfonamides is 1. The lowest BCUT2D eigenvalue weighted by atomic mass is 10.1. The van der Waals surface area contributed by atoms with Crippen molar-refractivity contribution < 1.29 is 8.42 Å². The molecule has 1 fully saturated rings. The summed E-state index contributed by atoms with van der Waals surface area (Å²) in [4.78, 5) is 2.39. The van der Waals surface area contributed by atoms with Gasteiger partial charge in [-0.15, -0.1) is 10.2 Å². The van der Waals surface area contributed by atoms with Crippen LogP contribution in [0.2, 0.25) is 5.02 Å². The molecule has 0 amide bonds. The van der Waals surface area contributed by atoms with Gasteiger partial charge in [0.25, 0.3) is 10.0 Å². The predicted octanol–water partition coefficient (Wildman–Crippen LogP) is 4.98. The number of nitrogens with one attached hydrogen (secondary N) is 1. The molecule has 2 aromatic carbocycles. The van der Waals surface area contributed by atoms with Gasteiger partial charge in [-0.2, -0.15) is 0 Å². The van der Waals surface area contributed by atoms with E-state index in [2.05, 4.69) is 19.8 Å². The molecule has 0 radical (unpaired) electrons. The zero-order valence-electron chi connectivity index (χ0n) is 16.5. The molecule has 1 saturated heterocycles. The van der Waals surface area contributed by atoms with Gasteiger partial charge in [-0.1, -0.05) is 42.6 Å². The Bertz CT molecular complexity index is 1110. The lowest BCUT2D eigenvalue weighted by Gasteiger charge is -2.20. The zero-order valence-corrected chi connectivity index (χ0v) is 18.0. The number of hydrogen-bond acceptors (Lipinski definition) is 5. The number of hydrogen-bond donors (Lipinski definition) is 1. The van der Waals surface area contributed by atoms with Gasteiger partial charge in [-0.3, -0.25) is 4.72 Å². The summed E-state index contributed by atoms with van der Waals surface area (Å²) in [5.74, 6) is 0.887. The molecule has 1 aliphatic rings. The van der Waals surface area contributed by atoms with Gasteiger partial charge < -0.3 is 4.90 Å². The SMILES string of the molecule is O=S(=O)(Nc1cccc(-c2ccc(N3CCCCCC3)nn2)c1)c1cccc(Cl)c1. The van der Waals surface area contributed by atoms with Crippen LogP contribution in [0.4, 0.5) is 11.5 Å². The monoisotopic (exact) mass is 442 g/mol. The molecule has 4 rings (SSSR count). The second-order valence-corrected chi connectivity index (χ2v) is 9.44. The minimum absolute atomic E-state index is 0.113. The Morgan fingerprint density at radius 2 is 1.63 bits per heavy atom. The second kappa shape index (κ2) is 9.02. The fourth-order valence-electron chi connectivity index (χ4n) is 3.54. The summed E-state index contributed by atoms with van der Waals surface area (Å²) < 4.78 is 27.9. The first-order valence-electron chi connectivity index (χ1n) is 9.99. The number of anilines is 2. The van der Waals surface area contributed by atoms with E-state index >= 15 is 0 Å². The highest BCUT2D eigenvalue weighted by molar-refractivity contribution is 7.92. The molecule has 0 saturated carbocycles. The van der Waals surface area contributed by atoms with Gasteiger partial charge in [0.2, 0.25) is 0 Å². The highest BCUT2D eigenvalue weighted by Crippen LogP contribution is 2.25. The van der Waals surface area contributed by atoms with Crippen LogP contribution in [0.5, 0.6) is 0 Å². The van der Waals surface area contributed by atoms with Crippen molar-refractivity contribution in [1.82, 2.24) is 10.2 Å². The smallest absolute Gasteiger partial charge is 0.261 e. The van der Waals surface area contributed by atoms with Gasteiger partial charge in [0, 0.05) is 29.4 Å². The van der Waals surface area contributed by atoms with Gasteiger partial charge in [-0.25, -0.2) is 8.42 Å². The van der Waals surface area contributed by atoms with Crippen LogP contribution >= 0.6 is 11.6 Å². The number of halogens is 1. The van der Waals surface area contributed by atoms with Crippen molar-refractivity contribution in [3.05, 3.63) is 65.7 Å². The topological polar surface area (TPSA) is 75.2 Å². The Morgan fingerprint density at radius 3 is 2.33 bits per heavy atom. The number of rotatable bonds is 5. The minimum Gasteiger partial charge on any atom is -0.355 e. The van der Waals surface area contributed by atoms with Crippen molar-refractivity contribution in [2.24, 2.45) is 0 Å². The van der Waals surface area contributed by atoms with E-state index in [0.717, 1.165) is 24.5 Å². The van der Waals surface area contributed by atoms with E-state index in [-0.39, 0.29) is 4.90 Å². The Morgan fingerprint density at radius 1 is 0.867 bits per heavy atom. The summed E-state index contributed by atoms with van der Waals surface area (Å²) in [6.45, 7) is 2.02. The van der Waals surface area contributed by atoms with Crippen molar-refractivity contribution in [3.63, 3.8) is 0 Å². The summed E-state index contributed by atoms with van der Waals surface area (Å²) in [5.41, 5.74) is 1.93. The molecule has 30 heavy (non-hydrogen) atoms. The van der Waals surface area contributed by atoms with Crippen LogP contribution in [0, 0.1) is 0 Å². The number of nitrogens with zero attached hydrogens (tertiary/aromatic N) is 3. The van der Waals surface area contributed by atoms with E-state index in [4.69, 9.17) is 11.6 Å². The molecule has 1 N–H and O–H groups in total. The van der Waals surface area contributed by atoms with E-state index in [0.29, 0.717) is 16.4 Å². The molecular formula is C22H23ClN4O2S. The Hall–Kier alpha value is -2.64. The molecule has 3 aromatic rings. The Balaban J connectivity index is 1.53. The van der Waals surface area contributed by atoms with Crippen molar-refractivity contribution >= 4 is 33.1 Å². The largest absolute Gasteiger partial charge is 0.355 e. The van der Waals surface area contributed by atoms with Gasteiger partial charge >= 0.3 is 0 Å². The zero-order chi connectivity index (χ0) is 21.0. The highest BCUT2D eigenvalue weighted by Gasteiger charge is 2.16. The fourth-order valence-corrected chi connectivity index (χ4v) is 4.89. The summed E-state index contributed by atoms with van der Waals surface area (Å²) in [6, 6.07) is 17.2. The standard InChI is InChI=1S/C22H23ClN4O2S/c23-18-8-6-10-20(16-18)30(28,29)26-19-9-5-7-17(15-19)21-11-12-22(25-24-21)27-13-3-1-2-4-14-27/h5-12,15-16,26H,1-4,13-14H2.